The molecule has 0 amide bonds. The fraction of sp³-hybridized carbons (Fsp3) is 0.500. The third-order valence-corrected chi connectivity index (χ3v) is 8.46. The van der Waals surface area contributed by atoms with Crippen LogP contribution in [0.15, 0.2) is 44.8 Å². The Bertz CT molecular complexity index is 467. The van der Waals surface area contributed by atoms with Crippen LogP contribution in [0.25, 0.3) is 0 Å². The van der Waals surface area contributed by atoms with Crippen LogP contribution in [0.1, 0.15) is 40.5 Å². The summed E-state index contributed by atoms with van der Waals surface area (Å²) in [5, 5.41) is 3.51. The van der Waals surface area contributed by atoms with Gasteiger partial charge in [0.2, 0.25) is 0 Å². The van der Waals surface area contributed by atoms with E-state index in [-0.39, 0.29) is 0 Å². The first kappa shape index (κ1) is 18.7. The summed E-state index contributed by atoms with van der Waals surface area (Å²) in [7, 11) is 8.48. The Morgan fingerprint density at radius 1 is 0.850 bits per heavy atom. The maximum atomic E-state index is 4.93. The second kappa shape index (κ2) is 7.77. The third kappa shape index (κ3) is 4.32. The van der Waals surface area contributed by atoms with Crippen LogP contribution in [0.2, 0.25) is 13.1 Å². The van der Waals surface area contributed by atoms with Crippen LogP contribution < -0.4 is 0 Å². The second-order valence-electron chi connectivity index (χ2n) is 6.35. The quantitative estimate of drug-likeness (QED) is 0.460. The van der Waals surface area contributed by atoms with Crippen molar-refractivity contribution in [2.45, 2.75) is 53.6 Å². The van der Waals surface area contributed by atoms with Gasteiger partial charge in [-0.3, -0.25) is 0 Å². The van der Waals surface area contributed by atoms with Gasteiger partial charge in [-0.1, -0.05) is 57.9 Å². The summed E-state index contributed by atoms with van der Waals surface area (Å²) < 4.78 is 0. The molecule has 0 spiro atoms. The van der Waals surface area contributed by atoms with Gasteiger partial charge in [-0.15, -0.1) is 0 Å². The molecule has 0 atom stereocenters. The Kier molecular flexibility index (Phi) is 7.26. The van der Waals surface area contributed by atoms with Gasteiger partial charge in [-0.2, -0.15) is 0 Å². The van der Waals surface area contributed by atoms with Crippen molar-refractivity contribution in [3.63, 3.8) is 0 Å². The molecule has 0 bridgehead atoms. The molecule has 0 unspecified atom stereocenters. The summed E-state index contributed by atoms with van der Waals surface area (Å²) >= 11 is -0.826. The van der Waals surface area contributed by atoms with E-state index in [1.54, 1.807) is 32.7 Å². The van der Waals surface area contributed by atoms with E-state index in [9.17, 15) is 0 Å². The van der Waals surface area contributed by atoms with Gasteiger partial charge in [0.05, 0.1) is 0 Å². The van der Waals surface area contributed by atoms with E-state index in [0.29, 0.717) is 0 Å². The monoisotopic (exact) mass is 404 g/mol. The topological polar surface area (TPSA) is 0 Å². The van der Waals surface area contributed by atoms with E-state index in [2.05, 4.69) is 52.9 Å². The molecule has 2 aliphatic rings. The Balaban J connectivity index is 0.000000612. The number of rotatable bonds is 2. The molecule has 0 aliphatic heterocycles. The first-order valence-corrected chi connectivity index (χ1v) is 16.3. The van der Waals surface area contributed by atoms with Crippen LogP contribution in [0.4, 0.5) is 0 Å². The molecule has 2 rings (SSSR count). The zero-order valence-corrected chi connectivity index (χ0v) is 18.3. The van der Waals surface area contributed by atoms with Gasteiger partial charge >= 0.3 is 37.9 Å². The maximum absolute atomic E-state index is 4.93. The summed E-state index contributed by atoms with van der Waals surface area (Å²) in [6.45, 7) is 14.2. The number of hydrogen-bond acceptors (Lipinski definition) is 0. The zero-order valence-electron chi connectivity index (χ0n) is 13.3. The molecule has 4 heteroatoms. The van der Waals surface area contributed by atoms with Crippen LogP contribution in [0.3, 0.4) is 0 Å². The van der Waals surface area contributed by atoms with Crippen LogP contribution in [-0.2, 0) is 20.8 Å². The molecule has 0 saturated heterocycles. The van der Waals surface area contributed by atoms with Gasteiger partial charge in [-0.05, 0) is 40.5 Å². The van der Waals surface area contributed by atoms with Crippen LogP contribution >= 0.6 is 17.0 Å². The second-order valence-corrected chi connectivity index (χ2v) is 14.5. The molecule has 110 valence electrons. The van der Waals surface area contributed by atoms with Crippen molar-refractivity contribution in [2.75, 3.05) is 0 Å². The van der Waals surface area contributed by atoms with Gasteiger partial charge in [-0.25, -0.2) is 0 Å². The molecule has 0 saturated carbocycles. The minimum absolute atomic E-state index is 0.826. The Hall–Kier alpha value is 0.640. The zero-order chi connectivity index (χ0) is 15.5. The van der Waals surface area contributed by atoms with Gasteiger partial charge in [0, 0.05) is 0 Å². The summed E-state index contributed by atoms with van der Waals surface area (Å²) in [6, 6.07) is 0. The van der Waals surface area contributed by atoms with Gasteiger partial charge < -0.3 is 0 Å². The van der Waals surface area contributed by atoms with Gasteiger partial charge in [0.25, 0.3) is 0 Å². The molecular formula is C16H24Cl2SiZr. The third-order valence-electron chi connectivity index (χ3n) is 4.30. The molecule has 0 nitrogen and oxygen atoms in total. The predicted molar refractivity (Wildman–Crippen MR) is 91.3 cm³/mol. The Morgan fingerprint density at radius 2 is 1.15 bits per heavy atom. The summed E-state index contributed by atoms with van der Waals surface area (Å²) in [5.41, 5.74) is 6.17. The number of allylic oxidation sites excluding steroid dienone is 8. The minimum atomic E-state index is -1.39. The van der Waals surface area contributed by atoms with E-state index >= 15 is 0 Å². The van der Waals surface area contributed by atoms with Crippen molar-refractivity contribution in [3.8, 4) is 0 Å². The molecule has 0 fully saturated rings. The SMILES string of the molecule is CC1=CC(C)=C([Si](C)(C)C2=C(C)C=C(C)C2)C1.[Cl][Zr][Cl]. The van der Waals surface area contributed by atoms with Crippen molar-refractivity contribution < 1.29 is 20.8 Å². The molecule has 0 aromatic carbocycles. The van der Waals surface area contributed by atoms with Crippen LogP contribution in [0.5, 0.6) is 0 Å². The molecule has 0 aromatic heterocycles. The first-order chi connectivity index (χ1) is 9.23. The molecular weight excluding hydrogens is 382 g/mol. The average Bonchev–Trinajstić information content (AvgIpc) is 2.83. The molecule has 0 N–H and O–H groups in total. The van der Waals surface area contributed by atoms with E-state index in [1.807, 2.05) is 0 Å². The van der Waals surface area contributed by atoms with E-state index in [4.69, 9.17) is 17.0 Å². The van der Waals surface area contributed by atoms with Gasteiger partial charge in [0.15, 0.2) is 0 Å². The van der Waals surface area contributed by atoms with E-state index in [0.717, 1.165) is 0 Å². The van der Waals surface area contributed by atoms with Crippen molar-refractivity contribution in [1.29, 1.82) is 0 Å². The van der Waals surface area contributed by atoms with E-state index in [1.165, 1.54) is 12.8 Å². The fourth-order valence-electron chi connectivity index (χ4n) is 3.46. The molecule has 0 heterocycles. The number of halogens is 2. The van der Waals surface area contributed by atoms with Crippen molar-refractivity contribution in [3.05, 3.63) is 44.8 Å². The summed E-state index contributed by atoms with van der Waals surface area (Å²) in [4.78, 5) is 0. The van der Waals surface area contributed by atoms with Crippen molar-refractivity contribution in [1.82, 2.24) is 0 Å². The van der Waals surface area contributed by atoms with E-state index < -0.39 is 28.9 Å². The van der Waals surface area contributed by atoms with Crippen molar-refractivity contribution >= 4 is 25.1 Å². The average molecular weight is 407 g/mol. The van der Waals surface area contributed by atoms with Crippen molar-refractivity contribution in [2.24, 2.45) is 0 Å². The molecule has 0 aromatic rings. The van der Waals surface area contributed by atoms with Crippen LogP contribution in [0, 0.1) is 0 Å². The number of hydrogen-bond donors (Lipinski definition) is 0. The first-order valence-electron chi connectivity index (χ1n) is 6.95. The Morgan fingerprint density at radius 3 is 1.35 bits per heavy atom. The fourth-order valence-corrected chi connectivity index (χ4v) is 7.38. The predicted octanol–water partition coefficient (Wildman–Crippen LogP) is 6.48. The molecule has 0 radical (unpaired) electrons. The van der Waals surface area contributed by atoms with Gasteiger partial charge in [0.1, 0.15) is 8.07 Å². The molecule has 20 heavy (non-hydrogen) atoms. The molecule has 2 aliphatic carbocycles. The summed E-state index contributed by atoms with van der Waals surface area (Å²) in [5.74, 6) is 0. The Labute approximate surface area is 143 Å². The normalized spacial score (nSPS) is 18.8. The van der Waals surface area contributed by atoms with Crippen LogP contribution in [-0.4, -0.2) is 8.07 Å². The summed E-state index contributed by atoms with van der Waals surface area (Å²) in [6.07, 6.45) is 7.21. The standard InChI is InChI=1S/C16H24Si.2ClH.Zr/c1-11-7-13(3)15(9-11)17(5,6)16-10-12(2)8-14(16)4;;;/h7-8H,9-10H2,1-6H3;2*1H;/q;;;+2/p-2.